The van der Waals surface area contributed by atoms with Gasteiger partial charge in [-0.05, 0) is 0 Å². The zero-order valence-electron chi connectivity index (χ0n) is 7.54. The molecule has 0 radical (unpaired) electrons. The predicted molar refractivity (Wildman–Crippen MR) is 54.3 cm³/mol. The van der Waals surface area contributed by atoms with Crippen LogP contribution in [-0.2, 0) is 14.4 Å². The summed E-state index contributed by atoms with van der Waals surface area (Å²) in [6.45, 7) is -0.392. The number of anilines is 1. The summed E-state index contributed by atoms with van der Waals surface area (Å²) in [5.74, 6) is -0.679. The number of aromatic nitrogens is 1. The van der Waals surface area contributed by atoms with Gasteiger partial charge in [-0.3, -0.25) is 9.59 Å². The van der Waals surface area contributed by atoms with Gasteiger partial charge in [0.25, 0.3) is 5.91 Å². The SMILES string of the molecule is NC(=O)CO/N=C(/C=O)c1csc(N)n1. The van der Waals surface area contributed by atoms with Gasteiger partial charge in [-0.25, -0.2) is 4.98 Å². The second-order valence-corrected chi connectivity index (χ2v) is 3.29. The largest absolute Gasteiger partial charge is 0.385 e. The van der Waals surface area contributed by atoms with Crippen LogP contribution in [0.1, 0.15) is 5.69 Å². The average Bonchev–Trinajstić information content (AvgIpc) is 2.59. The molecular weight excluding hydrogens is 220 g/mol. The van der Waals surface area contributed by atoms with Gasteiger partial charge in [0.15, 0.2) is 23.7 Å². The van der Waals surface area contributed by atoms with E-state index in [-0.39, 0.29) is 5.71 Å². The van der Waals surface area contributed by atoms with E-state index in [0.717, 1.165) is 0 Å². The van der Waals surface area contributed by atoms with E-state index in [0.29, 0.717) is 17.1 Å². The van der Waals surface area contributed by atoms with Crippen molar-refractivity contribution in [1.29, 1.82) is 0 Å². The quantitative estimate of drug-likeness (QED) is 0.385. The Bertz CT molecular complexity index is 401. The maximum Gasteiger partial charge on any atom is 0.258 e. The first-order valence-electron chi connectivity index (χ1n) is 3.78. The summed E-state index contributed by atoms with van der Waals surface area (Å²) in [4.78, 5) is 29.2. The van der Waals surface area contributed by atoms with E-state index in [1.165, 1.54) is 11.3 Å². The average molecular weight is 228 g/mol. The molecule has 0 aliphatic heterocycles. The molecule has 1 aromatic heterocycles. The highest BCUT2D eigenvalue weighted by Crippen LogP contribution is 2.11. The molecule has 0 saturated carbocycles. The molecule has 80 valence electrons. The van der Waals surface area contributed by atoms with Gasteiger partial charge in [-0.2, -0.15) is 0 Å². The molecule has 1 rings (SSSR count). The Labute approximate surface area is 88.7 Å². The second kappa shape index (κ2) is 5.05. The van der Waals surface area contributed by atoms with Crippen LogP contribution in [0.5, 0.6) is 0 Å². The van der Waals surface area contributed by atoms with Crippen molar-refractivity contribution in [3.63, 3.8) is 0 Å². The summed E-state index contributed by atoms with van der Waals surface area (Å²) in [7, 11) is 0. The van der Waals surface area contributed by atoms with Gasteiger partial charge in [-0.15, -0.1) is 11.3 Å². The van der Waals surface area contributed by atoms with Crippen LogP contribution in [-0.4, -0.2) is 29.5 Å². The van der Waals surface area contributed by atoms with Crippen LogP contribution in [0.3, 0.4) is 0 Å². The first kappa shape index (κ1) is 11.1. The molecular formula is C7H8N4O3S. The number of nitrogens with zero attached hydrogens (tertiary/aromatic N) is 2. The Balaban J connectivity index is 2.71. The van der Waals surface area contributed by atoms with Crippen LogP contribution in [0.15, 0.2) is 10.5 Å². The molecule has 0 spiro atoms. The van der Waals surface area contributed by atoms with Crippen molar-refractivity contribution in [2.75, 3.05) is 12.3 Å². The summed E-state index contributed by atoms with van der Waals surface area (Å²) in [5, 5.41) is 5.27. The van der Waals surface area contributed by atoms with Crippen LogP contribution in [0.2, 0.25) is 0 Å². The fourth-order valence-electron chi connectivity index (χ4n) is 0.699. The summed E-state index contributed by atoms with van der Waals surface area (Å²) < 4.78 is 0. The maximum absolute atomic E-state index is 10.6. The molecule has 0 atom stereocenters. The Kier molecular flexibility index (Phi) is 3.75. The van der Waals surface area contributed by atoms with E-state index in [1.54, 1.807) is 5.38 Å². The molecule has 0 aliphatic rings. The van der Waals surface area contributed by atoms with Gasteiger partial charge in [0, 0.05) is 5.38 Å². The van der Waals surface area contributed by atoms with Gasteiger partial charge < -0.3 is 16.3 Å². The normalized spacial score (nSPS) is 11.1. The van der Waals surface area contributed by atoms with E-state index in [2.05, 4.69) is 15.0 Å². The predicted octanol–water partition coefficient (Wildman–Crippen LogP) is -0.870. The minimum absolute atomic E-state index is 0.0378. The third kappa shape index (κ3) is 3.35. The molecule has 1 aromatic rings. The number of carbonyl (C=O) groups excluding carboxylic acids is 2. The summed E-state index contributed by atoms with van der Waals surface area (Å²) in [6.07, 6.45) is 0.454. The van der Waals surface area contributed by atoms with Crippen LogP contribution in [0, 0.1) is 0 Å². The minimum atomic E-state index is -0.679. The van der Waals surface area contributed by atoms with Crippen molar-refractivity contribution in [2.24, 2.45) is 10.9 Å². The van der Waals surface area contributed by atoms with Crippen molar-refractivity contribution >= 4 is 34.4 Å². The number of rotatable bonds is 5. The fourth-order valence-corrected chi connectivity index (χ4v) is 1.26. The number of aldehydes is 1. The Hall–Kier alpha value is -1.96. The van der Waals surface area contributed by atoms with E-state index >= 15 is 0 Å². The van der Waals surface area contributed by atoms with Gasteiger partial charge in [0.2, 0.25) is 0 Å². The molecule has 0 unspecified atom stereocenters. The molecule has 0 fully saturated rings. The van der Waals surface area contributed by atoms with Crippen molar-refractivity contribution in [2.45, 2.75) is 0 Å². The van der Waals surface area contributed by atoms with Crippen molar-refractivity contribution in [3.8, 4) is 0 Å². The number of oxime groups is 1. The molecule has 1 amide bonds. The number of hydrogen-bond acceptors (Lipinski definition) is 7. The molecule has 15 heavy (non-hydrogen) atoms. The Morgan fingerprint density at radius 3 is 2.93 bits per heavy atom. The lowest BCUT2D eigenvalue weighted by Crippen LogP contribution is -2.17. The molecule has 1 heterocycles. The fraction of sp³-hybridized carbons (Fsp3) is 0.143. The number of primary amides is 1. The maximum atomic E-state index is 10.6. The number of hydrogen-bond donors (Lipinski definition) is 2. The molecule has 0 aromatic carbocycles. The zero-order chi connectivity index (χ0) is 11.3. The lowest BCUT2D eigenvalue weighted by Gasteiger charge is -1.95. The third-order valence-corrected chi connectivity index (χ3v) is 1.94. The molecule has 8 heteroatoms. The molecule has 0 aliphatic carbocycles. The molecule has 7 nitrogen and oxygen atoms in total. The summed E-state index contributed by atoms with van der Waals surface area (Å²) in [6, 6.07) is 0. The van der Waals surface area contributed by atoms with Crippen LogP contribution < -0.4 is 11.5 Å². The standard InChI is InChI=1S/C7H8N4O3S/c8-6(13)2-14-11-4(1-12)5-3-15-7(9)10-5/h1,3H,2H2,(H2,8,13)(H2,9,10)/b11-4-. The third-order valence-electron chi connectivity index (χ3n) is 1.27. The van der Waals surface area contributed by atoms with Crippen molar-refractivity contribution in [1.82, 2.24) is 4.98 Å². The van der Waals surface area contributed by atoms with Crippen LogP contribution in [0.25, 0.3) is 0 Å². The van der Waals surface area contributed by atoms with Crippen LogP contribution in [0.4, 0.5) is 5.13 Å². The van der Waals surface area contributed by atoms with E-state index < -0.39 is 12.5 Å². The summed E-state index contributed by atoms with van der Waals surface area (Å²) >= 11 is 1.17. The number of amides is 1. The van der Waals surface area contributed by atoms with E-state index in [4.69, 9.17) is 11.5 Å². The van der Waals surface area contributed by atoms with Gasteiger partial charge >= 0.3 is 0 Å². The first-order chi connectivity index (χ1) is 7.13. The smallest absolute Gasteiger partial charge is 0.258 e. The highest BCUT2D eigenvalue weighted by molar-refractivity contribution is 7.13. The monoisotopic (exact) mass is 228 g/mol. The topological polar surface area (TPSA) is 121 Å². The first-order valence-corrected chi connectivity index (χ1v) is 4.66. The molecule has 0 saturated heterocycles. The van der Waals surface area contributed by atoms with Gasteiger partial charge in [0.05, 0.1) is 0 Å². The number of carbonyl (C=O) groups is 2. The van der Waals surface area contributed by atoms with E-state index in [9.17, 15) is 9.59 Å². The second-order valence-electron chi connectivity index (χ2n) is 2.41. The highest BCUT2D eigenvalue weighted by Gasteiger charge is 2.07. The van der Waals surface area contributed by atoms with Crippen molar-refractivity contribution < 1.29 is 14.4 Å². The summed E-state index contributed by atoms with van der Waals surface area (Å²) in [5.41, 5.74) is 10.4. The minimum Gasteiger partial charge on any atom is -0.385 e. The van der Waals surface area contributed by atoms with E-state index in [1.807, 2.05) is 0 Å². The lowest BCUT2D eigenvalue weighted by molar-refractivity contribution is -0.122. The Morgan fingerprint density at radius 1 is 1.73 bits per heavy atom. The lowest BCUT2D eigenvalue weighted by atomic mass is 10.3. The molecule has 4 N–H and O–H groups in total. The number of thiazole rings is 1. The zero-order valence-corrected chi connectivity index (χ0v) is 8.36. The van der Waals surface area contributed by atoms with Crippen molar-refractivity contribution in [3.05, 3.63) is 11.1 Å². The van der Waals surface area contributed by atoms with Gasteiger partial charge in [0.1, 0.15) is 5.69 Å². The highest BCUT2D eigenvalue weighted by atomic mass is 32.1. The number of nitrogen functional groups attached to an aromatic ring is 1. The van der Waals surface area contributed by atoms with Crippen LogP contribution >= 0.6 is 11.3 Å². The Morgan fingerprint density at radius 2 is 2.47 bits per heavy atom. The molecule has 0 bridgehead atoms. The van der Waals surface area contributed by atoms with Gasteiger partial charge in [-0.1, -0.05) is 5.16 Å². The number of nitrogens with two attached hydrogens (primary N) is 2.